The number of H-pyrrole nitrogens is 1. The lowest BCUT2D eigenvalue weighted by Gasteiger charge is -2.07. The Labute approximate surface area is 136 Å². The molecular weight excluding hydrogens is 318 g/mol. The molecule has 0 bridgehead atoms. The van der Waals surface area contributed by atoms with Crippen molar-refractivity contribution in [2.24, 2.45) is 0 Å². The number of benzene rings is 1. The predicted octanol–water partition coefficient (Wildman–Crippen LogP) is 2.13. The summed E-state index contributed by atoms with van der Waals surface area (Å²) in [5.41, 5.74) is 1.16. The molecule has 1 saturated carbocycles. The van der Waals surface area contributed by atoms with E-state index in [0.29, 0.717) is 24.3 Å². The number of carbonyl (C=O) groups excluding carboxylic acids is 1. The van der Waals surface area contributed by atoms with Crippen molar-refractivity contribution in [3.8, 4) is 5.75 Å². The summed E-state index contributed by atoms with van der Waals surface area (Å²) in [4.78, 5) is 25.5. The summed E-state index contributed by atoms with van der Waals surface area (Å²) in [5, 5.41) is 2.76. The third-order valence-corrected chi connectivity index (χ3v) is 3.71. The molecule has 0 spiro atoms. The van der Waals surface area contributed by atoms with Crippen molar-refractivity contribution >= 4 is 5.91 Å². The summed E-state index contributed by atoms with van der Waals surface area (Å²) in [6.45, 7) is 0.414. The molecule has 0 saturated heterocycles. The molecule has 3 rings (SSSR count). The molecule has 24 heavy (non-hydrogen) atoms. The summed E-state index contributed by atoms with van der Waals surface area (Å²) in [7, 11) is 0. The first-order valence-electron chi connectivity index (χ1n) is 7.54. The summed E-state index contributed by atoms with van der Waals surface area (Å²) >= 11 is 0. The summed E-state index contributed by atoms with van der Waals surface area (Å²) in [5.74, 6) is -2.68. The first-order chi connectivity index (χ1) is 11.4. The van der Waals surface area contributed by atoms with Crippen LogP contribution in [0.3, 0.4) is 0 Å². The van der Waals surface area contributed by atoms with E-state index in [0.717, 1.165) is 5.56 Å². The standard InChI is InChI=1S/C17H16F2N2O3/c18-17(19)9-14(17)24-13-4-2-12(3-5-13)16(23)20-8-7-11-1-6-15(22)21-10-11/h1-6,10,14H,7-9H2,(H,20,23)(H,21,22). The maximum atomic E-state index is 12.8. The first-order valence-corrected chi connectivity index (χ1v) is 7.54. The Bertz CT molecular complexity index is 767. The lowest BCUT2D eigenvalue weighted by Crippen LogP contribution is -2.25. The number of aromatic nitrogens is 1. The van der Waals surface area contributed by atoms with Crippen LogP contribution in [-0.2, 0) is 6.42 Å². The molecule has 7 heteroatoms. The van der Waals surface area contributed by atoms with Crippen LogP contribution in [0, 0.1) is 0 Å². The molecule has 1 aromatic heterocycles. The molecule has 2 N–H and O–H groups in total. The molecule has 0 radical (unpaired) electrons. The van der Waals surface area contributed by atoms with Crippen LogP contribution in [0.5, 0.6) is 5.75 Å². The molecule has 1 heterocycles. The lowest BCUT2D eigenvalue weighted by atomic mass is 10.2. The number of hydrogen-bond donors (Lipinski definition) is 2. The average Bonchev–Trinajstić information content (AvgIpc) is 3.16. The molecule has 2 aromatic rings. The van der Waals surface area contributed by atoms with Gasteiger partial charge in [-0.2, -0.15) is 0 Å². The number of nitrogens with one attached hydrogen (secondary N) is 2. The van der Waals surface area contributed by atoms with E-state index in [2.05, 4.69) is 10.3 Å². The fourth-order valence-electron chi connectivity index (χ4n) is 2.19. The summed E-state index contributed by atoms with van der Waals surface area (Å²) < 4.78 is 30.7. The van der Waals surface area contributed by atoms with Gasteiger partial charge in [-0.3, -0.25) is 9.59 Å². The Morgan fingerprint density at radius 3 is 2.54 bits per heavy atom. The fraction of sp³-hybridized carbons (Fsp3) is 0.294. The van der Waals surface area contributed by atoms with E-state index < -0.39 is 12.0 Å². The van der Waals surface area contributed by atoms with Crippen LogP contribution in [-0.4, -0.2) is 29.5 Å². The third-order valence-electron chi connectivity index (χ3n) is 3.71. The fourth-order valence-corrected chi connectivity index (χ4v) is 2.19. The molecule has 1 atom stereocenters. The second kappa shape index (κ2) is 6.43. The van der Waals surface area contributed by atoms with Crippen molar-refractivity contribution in [3.63, 3.8) is 0 Å². The van der Waals surface area contributed by atoms with Gasteiger partial charge in [-0.25, -0.2) is 8.78 Å². The zero-order valence-electron chi connectivity index (χ0n) is 12.7. The number of amides is 1. The van der Waals surface area contributed by atoms with Crippen LogP contribution >= 0.6 is 0 Å². The van der Waals surface area contributed by atoms with Crippen molar-refractivity contribution in [1.82, 2.24) is 10.3 Å². The second-order valence-corrected chi connectivity index (χ2v) is 5.66. The monoisotopic (exact) mass is 334 g/mol. The number of halogens is 2. The van der Waals surface area contributed by atoms with Crippen LogP contribution in [0.2, 0.25) is 0 Å². The molecule has 1 fully saturated rings. The smallest absolute Gasteiger partial charge is 0.288 e. The van der Waals surface area contributed by atoms with Crippen LogP contribution in [0.15, 0.2) is 47.4 Å². The van der Waals surface area contributed by atoms with Gasteiger partial charge in [0.05, 0.1) is 6.42 Å². The van der Waals surface area contributed by atoms with Gasteiger partial charge in [0.2, 0.25) is 5.56 Å². The molecule has 1 aromatic carbocycles. The highest BCUT2D eigenvalue weighted by Crippen LogP contribution is 2.44. The number of alkyl halides is 2. The Balaban J connectivity index is 1.48. The van der Waals surface area contributed by atoms with Crippen molar-refractivity contribution in [1.29, 1.82) is 0 Å². The highest BCUT2D eigenvalue weighted by atomic mass is 19.3. The zero-order chi connectivity index (χ0) is 17.2. The number of carbonyl (C=O) groups is 1. The van der Waals surface area contributed by atoms with Crippen LogP contribution in [0.25, 0.3) is 0 Å². The van der Waals surface area contributed by atoms with E-state index in [9.17, 15) is 18.4 Å². The Kier molecular flexibility index (Phi) is 4.33. The highest BCUT2D eigenvalue weighted by Gasteiger charge is 2.59. The van der Waals surface area contributed by atoms with Crippen LogP contribution < -0.4 is 15.6 Å². The van der Waals surface area contributed by atoms with Crippen LogP contribution in [0.1, 0.15) is 22.3 Å². The van der Waals surface area contributed by atoms with E-state index in [1.165, 1.54) is 30.3 Å². The molecule has 5 nitrogen and oxygen atoms in total. The van der Waals surface area contributed by atoms with Gasteiger partial charge in [-0.05, 0) is 36.2 Å². The van der Waals surface area contributed by atoms with Gasteiger partial charge >= 0.3 is 0 Å². The SMILES string of the molecule is O=C(NCCc1ccc(=O)[nH]c1)c1ccc(OC2CC2(F)F)cc1. The van der Waals surface area contributed by atoms with Crippen LogP contribution in [0.4, 0.5) is 8.78 Å². The van der Waals surface area contributed by atoms with E-state index >= 15 is 0 Å². The third kappa shape index (κ3) is 3.98. The van der Waals surface area contributed by atoms with Gasteiger partial charge in [0.1, 0.15) is 5.75 Å². The Morgan fingerprint density at radius 1 is 1.25 bits per heavy atom. The predicted molar refractivity (Wildman–Crippen MR) is 83.5 cm³/mol. The molecule has 1 unspecified atom stereocenters. The van der Waals surface area contributed by atoms with E-state index in [-0.39, 0.29) is 17.9 Å². The molecule has 126 valence electrons. The van der Waals surface area contributed by atoms with E-state index in [1.54, 1.807) is 12.3 Å². The largest absolute Gasteiger partial charge is 0.484 e. The maximum Gasteiger partial charge on any atom is 0.288 e. The molecule has 0 aliphatic heterocycles. The lowest BCUT2D eigenvalue weighted by molar-refractivity contribution is 0.0665. The highest BCUT2D eigenvalue weighted by molar-refractivity contribution is 5.94. The second-order valence-electron chi connectivity index (χ2n) is 5.66. The van der Waals surface area contributed by atoms with Gasteiger partial charge in [0, 0.05) is 24.4 Å². The van der Waals surface area contributed by atoms with E-state index in [4.69, 9.17) is 4.74 Å². The van der Waals surface area contributed by atoms with Crippen molar-refractivity contribution in [3.05, 3.63) is 64.1 Å². The molecule has 1 aliphatic rings. The minimum Gasteiger partial charge on any atom is -0.484 e. The zero-order valence-corrected chi connectivity index (χ0v) is 12.7. The Morgan fingerprint density at radius 2 is 1.96 bits per heavy atom. The van der Waals surface area contributed by atoms with Crippen molar-refractivity contribution in [2.45, 2.75) is 24.9 Å². The molecular formula is C17H16F2N2O3. The average molecular weight is 334 g/mol. The number of pyridine rings is 1. The molecule has 1 aliphatic carbocycles. The normalized spacial score (nSPS) is 18.0. The summed E-state index contributed by atoms with van der Waals surface area (Å²) in [6.07, 6.45) is 0.865. The minimum atomic E-state index is -2.74. The quantitative estimate of drug-likeness (QED) is 0.850. The van der Waals surface area contributed by atoms with Crippen molar-refractivity contribution < 1.29 is 18.3 Å². The molecule has 1 amide bonds. The number of hydrogen-bond acceptors (Lipinski definition) is 3. The van der Waals surface area contributed by atoms with Gasteiger partial charge in [-0.1, -0.05) is 6.07 Å². The first kappa shape index (κ1) is 16.2. The van der Waals surface area contributed by atoms with Gasteiger partial charge in [0.25, 0.3) is 11.8 Å². The summed E-state index contributed by atoms with van der Waals surface area (Å²) in [6, 6.07) is 9.21. The maximum absolute atomic E-state index is 12.8. The van der Waals surface area contributed by atoms with Gasteiger partial charge < -0.3 is 15.0 Å². The van der Waals surface area contributed by atoms with Gasteiger partial charge in [0.15, 0.2) is 6.10 Å². The van der Waals surface area contributed by atoms with Crippen molar-refractivity contribution in [2.75, 3.05) is 6.54 Å². The van der Waals surface area contributed by atoms with E-state index in [1.807, 2.05) is 0 Å². The van der Waals surface area contributed by atoms with Gasteiger partial charge in [-0.15, -0.1) is 0 Å². The minimum absolute atomic E-state index is 0.172. The number of aromatic amines is 1. The number of rotatable bonds is 6. The number of ether oxygens (including phenoxy) is 1. The topological polar surface area (TPSA) is 71.2 Å². The Hall–Kier alpha value is -2.70.